The predicted molar refractivity (Wildman–Crippen MR) is 129 cm³/mol. The summed E-state index contributed by atoms with van der Waals surface area (Å²) in [6.07, 6.45) is 1.21. The Labute approximate surface area is 198 Å². The summed E-state index contributed by atoms with van der Waals surface area (Å²) in [5.74, 6) is -0.297. The fourth-order valence-corrected chi connectivity index (χ4v) is 6.14. The van der Waals surface area contributed by atoms with Crippen LogP contribution >= 0.6 is 11.8 Å². The van der Waals surface area contributed by atoms with Gasteiger partial charge in [-0.25, -0.2) is 12.8 Å². The number of rotatable bonds is 7. The molecule has 3 aromatic carbocycles. The van der Waals surface area contributed by atoms with Crippen molar-refractivity contribution in [1.82, 2.24) is 4.31 Å². The van der Waals surface area contributed by atoms with E-state index in [2.05, 4.69) is 17.4 Å². The first-order valence-corrected chi connectivity index (χ1v) is 13.2. The minimum absolute atomic E-state index is 0.0360. The molecule has 1 aliphatic rings. The molecular formula is C25H25FN2O3S2. The van der Waals surface area contributed by atoms with E-state index in [-0.39, 0.29) is 17.3 Å². The summed E-state index contributed by atoms with van der Waals surface area (Å²) in [7, 11) is -3.77. The number of carbonyl (C=O) groups is 1. The third-order valence-corrected chi connectivity index (χ3v) is 8.54. The van der Waals surface area contributed by atoms with Gasteiger partial charge < -0.3 is 5.32 Å². The first-order valence-electron chi connectivity index (χ1n) is 10.8. The standard InChI is InChI=1S/C25H25FN2O3S2/c26-21-10-14-24(15-11-21)33(30,31)28-16-4-5-20(17-28)25(29)27-22-12-8-19(9-13-22)18-32-23-6-2-1-3-7-23/h1-3,6-15,20H,4-5,16-18H2,(H,27,29)/t20-/m1/s1. The maximum Gasteiger partial charge on any atom is 0.243 e. The molecule has 0 unspecified atom stereocenters. The first kappa shape index (κ1) is 23.5. The Kier molecular flexibility index (Phi) is 7.47. The number of halogens is 1. The van der Waals surface area contributed by atoms with Crippen molar-refractivity contribution >= 4 is 33.4 Å². The summed E-state index contributed by atoms with van der Waals surface area (Å²) in [6, 6.07) is 22.6. The number of thioether (sulfide) groups is 1. The average Bonchev–Trinajstić information content (AvgIpc) is 2.84. The van der Waals surface area contributed by atoms with Crippen LogP contribution in [0.2, 0.25) is 0 Å². The molecule has 0 spiro atoms. The lowest BCUT2D eigenvalue weighted by molar-refractivity contribution is -0.120. The molecule has 0 aromatic heterocycles. The van der Waals surface area contributed by atoms with Crippen molar-refractivity contribution in [3.05, 3.63) is 90.2 Å². The van der Waals surface area contributed by atoms with Gasteiger partial charge >= 0.3 is 0 Å². The highest BCUT2D eigenvalue weighted by atomic mass is 32.2. The molecule has 0 radical (unpaired) electrons. The summed E-state index contributed by atoms with van der Waals surface area (Å²) in [6.45, 7) is 0.453. The molecular weight excluding hydrogens is 459 g/mol. The fourth-order valence-electron chi connectivity index (χ4n) is 3.74. The summed E-state index contributed by atoms with van der Waals surface area (Å²) in [4.78, 5) is 14.1. The number of nitrogens with one attached hydrogen (secondary N) is 1. The minimum Gasteiger partial charge on any atom is -0.326 e. The van der Waals surface area contributed by atoms with Crippen molar-refractivity contribution in [2.75, 3.05) is 18.4 Å². The van der Waals surface area contributed by atoms with E-state index < -0.39 is 21.8 Å². The van der Waals surface area contributed by atoms with Gasteiger partial charge in [0.1, 0.15) is 5.82 Å². The van der Waals surface area contributed by atoms with E-state index >= 15 is 0 Å². The zero-order valence-corrected chi connectivity index (χ0v) is 19.6. The molecule has 1 N–H and O–H groups in total. The number of hydrogen-bond donors (Lipinski definition) is 1. The van der Waals surface area contributed by atoms with Crippen molar-refractivity contribution in [2.45, 2.75) is 28.4 Å². The largest absolute Gasteiger partial charge is 0.326 e. The second kappa shape index (κ2) is 10.5. The Morgan fingerprint density at radius 2 is 1.70 bits per heavy atom. The average molecular weight is 485 g/mol. The van der Waals surface area contributed by atoms with Gasteiger partial charge in [0.25, 0.3) is 0 Å². The Morgan fingerprint density at radius 1 is 1.00 bits per heavy atom. The second-order valence-corrected chi connectivity index (χ2v) is 10.9. The Bertz CT molecular complexity index is 1180. The molecule has 3 aromatic rings. The third-order valence-electron chi connectivity index (χ3n) is 5.58. The lowest BCUT2D eigenvalue weighted by Crippen LogP contribution is -2.43. The van der Waals surface area contributed by atoms with Gasteiger partial charge in [-0.3, -0.25) is 4.79 Å². The number of sulfonamides is 1. The van der Waals surface area contributed by atoms with Gasteiger partial charge in [-0.05, 0) is 66.9 Å². The van der Waals surface area contributed by atoms with Gasteiger partial charge in [-0.1, -0.05) is 30.3 Å². The number of hydrogen-bond acceptors (Lipinski definition) is 4. The smallest absolute Gasteiger partial charge is 0.243 e. The third kappa shape index (κ3) is 6.01. The van der Waals surface area contributed by atoms with E-state index in [1.54, 1.807) is 11.8 Å². The molecule has 0 saturated carbocycles. The van der Waals surface area contributed by atoms with Crippen molar-refractivity contribution in [2.24, 2.45) is 5.92 Å². The van der Waals surface area contributed by atoms with Gasteiger partial charge in [0.05, 0.1) is 10.8 Å². The van der Waals surface area contributed by atoms with Crippen LogP contribution in [0.1, 0.15) is 18.4 Å². The van der Waals surface area contributed by atoms with Crippen LogP contribution in [0.25, 0.3) is 0 Å². The number of amides is 1. The maximum absolute atomic E-state index is 13.2. The highest BCUT2D eigenvalue weighted by Crippen LogP contribution is 2.26. The van der Waals surface area contributed by atoms with Gasteiger partial charge in [0.15, 0.2) is 0 Å². The van der Waals surface area contributed by atoms with Crippen molar-refractivity contribution in [3.63, 3.8) is 0 Å². The van der Waals surface area contributed by atoms with Gasteiger partial charge in [-0.15, -0.1) is 11.8 Å². The number of carbonyl (C=O) groups excluding carboxylic acids is 1. The Balaban J connectivity index is 1.34. The SMILES string of the molecule is O=C(Nc1ccc(CSc2ccccc2)cc1)[C@@H]1CCCN(S(=O)(=O)c2ccc(F)cc2)C1. The maximum atomic E-state index is 13.2. The lowest BCUT2D eigenvalue weighted by atomic mass is 9.98. The molecule has 1 saturated heterocycles. The minimum atomic E-state index is -3.77. The zero-order chi connectivity index (χ0) is 23.3. The first-order chi connectivity index (χ1) is 15.9. The summed E-state index contributed by atoms with van der Waals surface area (Å²) < 4.78 is 40.3. The molecule has 172 valence electrons. The van der Waals surface area contributed by atoms with Crippen LogP contribution in [-0.2, 0) is 20.6 Å². The quantitative estimate of drug-likeness (QED) is 0.471. The Hall–Kier alpha value is -2.68. The zero-order valence-electron chi connectivity index (χ0n) is 18.0. The monoisotopic (exact) mass is 484 g/mol. The summed E-state index contributed by atoms with van der Waals surface area (Å²) in [5, 5.41) is 2.92. The molecule has 1 fully saturated rings. The van der Waals surface area contributed by atoms with Crippen LogP contribution in [0.15, 0.2) is 88.7 Å². The van der Waals surface area contributed by atoms with Gasteiger partial charge in [0, 0.05) is 29.4 Å². The summed E-state index contributed by atoms with van der Waals surface area (Å²) in [5.41, 5.74) is 1.84. The second-order valence-electron chi connectivity index (χ2n) is 7.94. The number of anilines is 1. The van der Waals surface area contributed by atoms with Crippen LogP contribution < -0.4 is 5.32 Å². The van der Waals surface area contributed by atoms with Crippen molar-refractivity contribution in [1.29, 1.82) is 0 Å². The van der Waals surface area contributed by atoms with Crippen LogP contribution in [-0.4, -0.2) is 31.7 Å². The van der Waals surface area contributed by atoms with Crippen molar-refractivity contribution in [3.8, 4) is 0 Å². The van der Waals surface area contributed by atoms with E-state index in [0.29, 0.717) is 25.1 Å². The highest BCUT2D eigenvalue weighted by Gasteiger charge is 2.33. The van der Waals surface area contributed by atoms with Crippen LogP contribution in [0.5, 0.6) is 0 Å². The van der Waals surface area contributed by atoms with E-state index in [0.717, 1.165) is 23.4 Å². The fraction of sp³-hybridized carbons (Fsp3) is 0.240. The number of benzene rings is 3. The molecule has 1 atom stereocenters. The normalized spacial score (nSPS) is 16.9. The number of nitrogens with zero attached hydrogens (tertiary/aromatic N) is 1. The molecule has 1 amide bonds. The molecule has 0 aliphatic carbocycles. The van der Waals surface area contributed by atoms with Gasteiger partial charge in [-0.2, -0.15) is 4.31 Å². The lowest BCUT2D eigenvalue weighted by Gasteiger charge is -2.31. The van der Waals surface area contributed by atoms with Crippen LogP contribution in [0.3, 0.4) is 0 Å². The molecule has 1 aliphatic heterocycles. The molecule has 4 rings (SSSR count). The predicted octanol–water partition coefficient (Wildman–Crippen LogP) is 5.16. The van der Waals surface area contributed by atoms with Crippen LogP contribution in [0, 0.1) is 11.7 Å². The molecule has 33 heavy (non-hydrogen) atoms. The number of piperidine rings is 1. The Morgan fingerprint density at radius 3 is 2.39 bits per heavy atom. The summed E-state index contributed by atoms with van der Waals surface area (Å²) >= 11 is 1.75. The van der Waals surface area contributed by atoms with E-state index in [1.165, 1.54) is 21.3 Å². The topological polar surface area (TPSA) is 66.5 Å². The van der Waals surface area contributed by atoms with E-state index in [1.807, 2.05) is 42.5 Å². The van der Waals surface area contributed by atoms with E-state index in [9.17, 15) is 17.6 Å². The molecule has 1 heterocycles. The molecule has 5 nitrogen and oxygen atoms in total. The van der Waals surface area contributed by atoms with E-state index in [4.69, 9.17) is 0 Å². The van der Waals surface area contributed by atoms with Crippen molar-refractivity contribution < 1.29 is 17.6 Å². The van der Waals surface area contributed by atoms with Crippen LogP contribution in [0.4, 0.5) is 10.1 Å². The molecule has 0 bridgehead atoms. The highest BCUT2D eigenvalue weighted by molar-refractivity contribution is 7.98. The molecule has 8 heteroatoms. The van der Waals surface area contributed by atoms with Gasteiger partial charge in [0.2, 0.25) is 15.9 Å².